The van der Waals surface area contributed by atoms with Crippen molar-refractivity contribution in [3.8, 4) is 0 Å². The average molecular weight is 354 g/mol. The van der Waals surface area contributed by atoms with Crippen LogP contribution in [0.1, 0.15) is 40.0 Å². The molecule has 0 aromatic rings. The number of nitrogens with zero attached hydrogens (tertiary/aromatic N) is 1. The number of imide groups is 1. The van der Waals surface area contributed by atoms with E-state index in [4.69, 9.17) is 4.74 Å². The second-order valence-electron chi connectivity index (χ2n) is 6.80. The minimum Gasteiger partial charge on any atom is -0.443 e. The Labute approximate surface area is 133 Å². The minimum atomic E-state index is -3.89. The van der Waals surface area contributed by atoms with Crippen LogP contribution in [-0.4, -0.2) is 48.8 Å². The van der Waals surface area contributed by atoms with Gasteiger partial charge in [0.05, 0.1) is 11.3 Å². The van der Waals surface area contributed by atoms with Crippen LogP contribution in [0.2, 0.25) is 0 Å². The maximum atomic E-state index is 12.7. The summed E-state index contributed by atoms with van der Waals surface area (Å²) >= 11 is 0. The lowest BCUT2D eigenvalue weighted by Gasteiger charge is -2.26. The zero-order valence-corrected chi connectivity index (χ0v) is 13.9. The molecule has 1 N–H and O–H groups in total. The SMILES string of the molecule is CC(C)(C)OC(=O)N(C(=O)NS(=O)(=O)C1CC1)C1CC1C(F)F. The van der Waals surface area contributed by atoms with Crippen LogP contribution in [0.4, 0.5) is 18.4 Å². The van der Waals surface area contributed by atoms with Crippen molar-refractivity contribution in [3.63, 3.8) is 0 Å². The standard InChI is InChI=1S/C13H20F2N2O5S/c1-13(2,3)22-12(19)17(9-6-8(9)10(14)15)11(18)16-23(20,21)7-4-5-7/h7-10H,4-6H2,1-3H3,(H,16,18). The molecule has 0 aromatic heterocycles. The quantitative estimate of drug-likeness (QED) is 0.834. The van der Waals surface area contributed by atoms with Gasteiger partial charge in [-0.05, 0) is 40.0 Å². The van der Waals surface area contributed by atoms with Gasteiger partial charge in [0.25, 0.3) is 0 Å². The van der Waals surface area contributed by atoms with Crippen molar-refractivity contribution in [2.45, 2.75) is 63.4 Å². The van der Waals surface area contributed by atoms with Gasteiger partial charge in [-0.3, -0.25) is 0 Å². The van der Waals surface area contributed by atoms with Gasteiger partial charge in [0.15, 0.2) is 0 Å². The molecule has 23 heavy (non-hydrogen) atoms. The Morgan fingerprint density at radius 3 is 2.22 bits per heavy atom. The molecular formula is C13H20F2N2O5S. The Bertz CT molecular complexity index is 598. The smallest absolute Gasteiger partial charge is 0.418 e. The van der Waals surface area contributed by atoms with Gasteiger partial charge >= 0.3 is 12.1 Å². The van der Waals surface area contributed by atoms with Gasteiger partial charge in [0.1, 0.15) is 5.60 Å². The molecule has 2 atom stereocenters. The summed E-state index contributed by atoms with van der Waals surface area (Å²) in [4.78, 5) is 24.7. The van der Waals surface area contributed by atoms with Crippen molar-refractivity contribution >= 4 is 22.1 Å². The summed E-state index contributed by atoms with van der Waals surface area (Å²) in [5.74, 6) is -1.16. The van der Waals surface area contributed by atoms with Gasteiger partial charge in [-0.15, -0.1) is 0 Å². The van der Waals surface area contributed by atoms with Crippen molar-refractivity contribution < 1.29 is 31.5 Å². The zero-order valence-electron chi connectivity index (χ0n) is 13.1. The molecular weight excluding hydrogens is 334 g/mol. The fraction of sp³-hybridized carbons (Fsp3) is 0.846. The van der Waals surface area contributed by atoms with Gasteiger partial charge in [0.2, 0.25) is 16.4 Å². The van der Waals surface area contributed by atoms with Crippen molar-refractivity contribution in [2.24, 2.45) is 5.92 Å². The first-order valence-electron chi connectivity index (χ1n) is 7.28. The van der Waals surface area contributed by atoms with E-state index in [0.717, 1.165) is 0 Å². The second-order valence-corrected chi connectivity index (χ2v) is 8.76. The number of urea groups is 1. The molecule has 0 saturated heterocycles. The maximum Gasteiger partial charge on any atom is 0.418 e. The molecule has 2 aliphatic rings. The molecule has 3 amide bonds. The third-order valence-corrected chi connectivity index (χ3v) is 5.27. The number of sulfonamides is 1. The van der Waals surface area contributed by atoms with Gasteiger partial charge in [-0.1, -0.05) is 0 Å². The van der Waals surface area contributed by atoms with Crippen molar-refractivity contribution in [1.29, 1.82) is 0 Å². The highest BCUT2D eigenvalue weighted by Crippen LogP contribution is 2.41. The fourth-order valence-electron chi connectivity index (χ4n) is 2.08. The third kappa shape index (κ3) is 4.52. The Morgan fingerprint density at radius 2 is 1.83 bits per heavy atom. The molecule has 132 valence electrons. The molecule has 10 heteroatoms. The van der Waals surface area contributed by atoms with Crippen LogP contribution in [0.25, 0.3) is 0 Å². The first kappa shape index (κ1) is 17.9. The van der Waals surface area contributed by atoms with Crippen LogP contribution in [-0.2, 0) is 14.8 Å². The van der Waals surface area contributed by atoms with E-state index < -0.39 is 51.4 Å². The van der Waals surface area contributed by atoms with E-state index in [-0.39, 0.29) is 6.42 Å². The molecule has 0 radical (unpaired) electrons. The molecule has 2 rings (SSSR count). The summed E-state index contributed by atoms with van der Waals surface area (Å²) in [5.41, 5.74) is -0.944. The van der Waals surface area contributed by atoms with Gasteiger partial charge in [-0.2, -0.15) is 0 Å². The summed E-state index contributed by atoms with van der Waals surface area (Å²) in [6, 6.07) is -2.29. The minimum absolute atomic E-state index is 0.0756. The number of carbonyl (C=O) groups is 2. The van der Waals surface area contributed by atoms with Crippen molar-refractivity contribution in [2.75, 3.05) is 0 Å². The van der Waals surface area contributed by atoms with Crippen LogP contribution < -0.4 is 4.72 Å². The molecule has 2 saturated carbocycles. The predicted octanol–water partition coefficient (Wildman–Crippen LogP) is 2.08. The fourth-order valence-corrected chi connectivity index (χ4v) is 3.35. The Hall–Kier alpha value is -1.45. The lowest BCUT2D eigenvalue weighted by molar-refractivity contribution is 0.0280. The highest BCUT2D eigenvalue weighted by molar-refractivity contribution is 7.90. The molecule has 0 bridgehead atoms. The van der Waals surface area contributed by atoms with Crippen molar-refractivity contribution in [3.05, 3.63) is 0 Å². The molecule has 2 fully saturated rings. The maximum absolute atomic E-state index is 12.7. The number of ether oxygens (including phenoxy) is 1. The lowest BCUT2D eigenvalue weighted by Crippen LogP contribution is -2.50. The topological polar surface area (TPSA) is 92.8 Å². The number of nitrogens with one attached hydrogen (secondary N) is 1. The number of hydrogen-bond donors (Lipinski definition) is 1. The van der Waals surface area contributed by atoms with E-state index in [1.54, 1.807) is 25.5 Å². The number of carbonyl (C=O) groups excluding carboxylic acids is 2. The Kier molecular flexibility index (Phi) is 4.57. The molecule has 0 spiro atoms. The van der Waals surface area contributed by atoms with Crippen LogP contribution >= 0.6 is 0 Å². The van der Waals surface area contributed by atoms with Crippen LogP contribution in [0.5, 0.6) is 0 Å². The second kappa shape index (κ2) is 5.88. The molecule has 0 heterocycles. The van der Waals surface area contributed by atoms with Gasteiger partial charge in [-0.25, -0.2) is 36.4 Å². The van der Waals surface area contributed by atoms with Crippen LogP contribution in [0, 0.1) is 5.92 Å². The summed E-state index contributed by atoms with van der Waals surface area (Å²) in [6.07, 6.45) is -3.05. The average Bonchev–Trinajstić information content (AvgIpc) is 3.20. The Morgan fingerprint density at radius 1 is 1.26 bits per heavy atom. The number of hydrogen-bond acceptors (Lipinski definition) is 5. The van der Waals surface area contributed by atoms with E-state index in [9.17, 15) is 26.8 Å². The number of halogens is 2. The number of alkyl halides is 2. The number of rotatable bonds is 4. The first-order chi connectivity index (χ1) is 10.4. The largest absolute Gasteiger partial charge is 0.443 e. The van der Waals surface area contributed by atoms with Gasteiger partial charge < -0.3 is 4.74 Å². The lowest BCUT2D eigenvalue weighted by atomic mass is 10.2. The Balaban J connectivity index is 2.13. The van der Waals surface area contributed by atoms with E-state index in [0.29, 0.717) is 17.7 Å². The number of amides is 3. The normalized spacial score (nSPS) is 24.3. The monoisotopic (exact) mass is 354 g/mol. The summed E-state index contributed by atoms with van der Waals surface area (Å²) < 4.78 is 55.9. The zero-order chi connectivity index (χ0) is 17.6. The molecule has 2 unspecified atom stereocenters. The van der Waals surface area contributed by atoms with Crippen LogP contribution in [0.3, 0.4) is 0 Å². The molecule has 0 aliphatic heterocycles. The highest BCUT2D eigenvalue weighted by atomic mass is 32.2. The van der Waals surface area contributed by atoms with Crippen LogP contribution in [0.15, 0.2) is 0 Å². The molecule has 0 aromatic carbocycles. The van der Waals surface area contributed by atoms with Crippen molar-refractivity contribution in [1.82, 2.24) is 9.62 Å². The summed E-state index contributed by atoms with van der Waals surface area (Å²) in [5, 5.41) is -0.669. The molecule has 2 aliphatic carbocycles. The van der Waals surface area contributed by atoms with E-state index >= 15 is 0 Å². The van der Waals surface area contributed by atoms with E-state index in [1.807, 2.05) is 0 Å². The van der Waals surface area contributed by atoms with E-state index in [1.165, 1.54) is 0 Å². The predicted molar refractivity (Wildman–Crippen MR) is 76.4 cm³/mol. The highest BCUT2D eigenvalue weighted by Gasteiger charge is 2.53. The summed E-state index contributed by atoms with van der Waals surface area (Å²) in [6.45, 7) is 4.66. The third-order valence-electron chi connectivity index (χ3n) is 3.46. The first-order valence-corrected chi connectivity index (χ1v) is 8.83. The van der Waals surface area contributed by atoms with Gasteiger partial charge in [0, 0.05) is 5.92 Å². The molecule has 7 nitrogen and oxygen atoms in total. The van der Waals surface area contributed by atoms with E-state index in [2.05, 4.69) is 0 Å². The summed E-state index contributed by atoms with van der Waals surface area (Å²) in [7, 11) is -3.89.